The van der Waals surface area contributed by atoms with Crippen molar-refractivity contribution in [3.63, 3.8) is 0 Å². The highest BCUT2D eigenvalue weighted by atomic mass is 32.4. The molecule has 0 atom stereocenters. The molecule has 6 heteroatoms. The Hall–Kier alpha value is -3.39. The first-order valence-electron chi connectivity index (χ1n) is 13.4. The molecule has 0 fully saturated rings. The van der Waals surface area contributed by atoms with Crippen LogP contribution < -0.4 is 21.2 Å². The second-order valence-corrected chi connectivity index (χ2v) is 18.1. The predicted molar refractivity (Wildman–Crippen MR) is 183 cm³/mol. The molecule has 0 aliphatic heterocycles. The molecule has 0 saturated heterocycles. The second-order valence-electron chi connectivity index (χ2n) is 9.42. The van der Waals surface area contributed by atoms with E-state index in [0.717, 1.165) is 32.1 Å². The van der Waals surface area contributed by atoms with Gasteiger partial charge in [-0.1, -0.05) is 157 Å². The smallest absolute Gasteiger partial charge is 0.338 e. The molecular formula is C35H30O2P2S2. The Bertz CT molecular complexity index is 1650. The third-order valence-electron chi connectivity index (χ3n) is 6.85. The van der Waals surface area contributed by atoms with Gasteiger partial charge in [0, 0.05) is 17.4 Å². The van der Waals surface area contributed by atoms with Gasteiger partial charge in [0.25, 0.3) is 0 Å². The number of hydrogen-bond acceptors (Lipinski definition) is 4. The molecule has 0 unspecified atom stereocenters. The first-order valence-corrected chi connectivity index (χ1v) is 19.1. The van der Waals surface area contributed by atoms with Gasteiger partial charge in [0.05, 0.1) is 12.2 Å². The number of hydrogen-bond donors (Lipinski definition) is 0. The van der Waals surface area contributed by atoms with Crippen molar-refractivity contribution in [3.8, 4) is 0 Å². The number of benzene rings is 5. The Morgan fingerprint density at radius 2 is 0.951 bits per heavy atom. The average Bonchev–Trinajstić information content (AvgIpc) is 3.05. The predicted octanol–water partition coefficient (Wildman–Crippen LogP) is 7.42. The minimum absolute atomic E-state index is 0.325. The zero-order valence-electron chi connectivity index (χ0n) is 22.7. The molecule has 0 saturated carbocycles. The summed E-state index contributed by atoms with van der Waals surface area (Å²) < 4.78 is 5.25. The van der Waals surface area contributed by atoms with Gasteiger partial charge >= 0.3 is 5.97 Å². The summed E-state index contributed by atoms with van der Waals surface area (Å²) in [5.41, 5.74) is 1.46. The number of rotatable bonds is 9. The summed E-state index contributed by atoms with van der Waals surface area (Å²) in [6, 6.07) is 44.0. The Morgan fingerprint density at radius 1 is 0.585 bits per heavy atom. The molecule has 0 spiro atoms. The molecule has 0 aliphatic rings. The SMILES string of the molecule is CCOC(=O)c1ccc(/C(=C\P(=S)(c2ccccc2)c2ccccc2)P(=S)(c2ccccc2)c2ccccc2)cc1. The van der Waals surface area contributed by atoms with Crippen LogP contribution in [0.5, 0.6) is 0 Å². The zero-order valence-corrected chi connectivity index (χ0v) is 26.1. The highest BCUT2D eigenvalue weighted by molar-refractivity contribution is 8.28. The third kappa shape index (κ3) is 6.13. The Labute approximate surface area is 252 Å². The summed E-state index contributed by atoms with van der Waals surface area (Å²) in [6.07, 6.45) is 0. The van der Waals surface area contributed by atoms with Crippen molar-refractivity contribution in [2.75, 3.05) is 6.61 Å². The van der Waals surface area contributed by atoms with E-state index in [1.165, 1.54) is 0 Å². The van der Waals surface area contributed by atoms with Crippen molar-refractivity contribution in [2.24, 2.45) is 0 Å². The molecule has 2 nitrogen and oxygen atoms in total. The van der Waals surface area contributed by atoms with Crippen LogP contribution in [0.3, 0.4) is 0 Å². The molecule has 0 aliphatic carbocycles. The van der Waals surface area contributed by atoms with Gasteiger partial charge < -0.3 is 4.74 Å². The number of ether oxygens (including phenoxy) is 1. The van der Waals surface area contributed by atoms with Crippen molar-refractivity contribution in [1.82, 2.24) is 0 Å². The topological polar surface area (TPSA) is 26.3 Å². The van der Waals surface area contributed by atoms with E-state index in [1.54, 1.807) is 0 Å². The maximum absolute atomic E-state index is 12.5. The van der Waals surface area contributed by atoms with Gasteiger partial charge in [-0.3, -0.25) is 0 Å². The molecule has 5 aromatic rings. The summed E-state index contributed by atoms with van der Waals surface area (Å²) >= 11 is 13.6. The fraction of sp³-hybridized carbons (Fsp3) is 0.0571. The van der Waals surface area contributed by atoms with Gasteiger partial charge in [-0.05, 0) is 51.7 Å². The van der Waals surface area contributed by atoms with Gasteiger partial charge in [0.2, 0.25) is 0 Å². The van der Waals surface area contributed by atoms with E-state index in [9.17, 15) is 4.79 Å². The summed E-state index contributed by atoms with van der Waals surface area (Å²) in [7, 11) is 0. The van der Waals surface area contributed by atoms with Crippen molar-refractivity contribution in [3.05, 3.63) is 163 Å². The van der Waals surface area contributed by atoms with Crippen LogP contribution in [0.2, 0.25) is 0 Å². The van der Waals surface area contributed by atoms with E-state index in [1.807, 2.05) is 104 Å². The van der Waals surface area contributed by atoms with Crippen LogP contribution in [0, 0.1) is 0 Å². The molecule has 5 rings (SSSR count). The van der Waals surface area contributed by atoms with Gasteiger partial charge in [0.15, 0.2) is 0 Å². The normalized spacial score (nSPS) is 12.1. The van der Waals surface area contributed by atoms with Crippen LogP contribution in [0.4, 0.5) is 0 Å². The number of carbonyl (C=O) groups is 1. The third-order valence-corrected chi connectivity index (χ3v) is 16.4. The van der Waals surface area contributed by atoms with Crippen molar-refractivity contribution >= 4 is 68.2 Å². The first-order chi connectivity index (χ1) is 20.0. The van der Waals surface area contributed by atoms with E-state index in [4.69, 9.17) is 28.4 Å². The molecule has 0 heterocycles. The quantitative estimate of drug-likeness (QED) is 0.129. The Morgan fingerprint density at radius 3 is 1.34 bits per heavy atom. The van der Waals surface area contributed by atoms with Gasteiger partial charge in [-0.25, -0.2) is 4.79 Å². The van der Waals surface area contributed by atoms with Gasteiger partial charge in [-0.15, -0.1) is 0 Å². The Balaban J connectivity index is 1.85. The lowest BCUT2D eigenvalue weighted by atomic mass is 10.1. The van der Waals surface area contributed by atoms with Crippen LogP contribution in [0.25, 0.3) is 5.31 Å². The number of esters is 1. The highest BCUT2D eigenvalue weighted by Gasteiger charge is 2.31. The monoisotopic (exact) mass is 608 g/mol. The van der Waals surface area contributed by atoms with Gasteiger partial charge in [-0.2, -0.15) is 0 Å². The molecule has 204 valence electrons. The van der Waals surface area contributed by atoms with E-state index in [2.05, 4.69) is 54.3 Å². The lowest BCUT2D eigenvalue weighted by Crippen LogP contribution is -2.19. The maximum atomic E-state index is 12.5. The first kappa shape index (κ1) is 29.1. The van der Waals surface area contributed by atoms with Crippen LogP contribution in [-0.2, 0) is 28.4 Å². The molecule has 0 bridgehead atoms. The largest absolute Gasteiger partial charge is 0.462 e. The lowest BCUT2D eigenvalue weighted by Gasteiger charge is -2.30. The fourth-order valence-electron chi connectivity index (χ4n) is 4.80. The van der Waals surface area contributed by atoms with E-state index in [-0.39, 0.29) is 5.97 Å². The van der Waals surface area contributed by atoms with Crippen LogP contribution in [-0.4, -0.2) is 12.6 Å². The highest BCUT2D eigenvalue weighted by Crippen LogP contribution is 2.61. The van der Waals surface area contributed by atoms with Crippen molar-refractivity contribution < 1.29 is 9.53 Å². The maximum Gasteiger partial charge on any atom is 0.338 e. The van der Waals surface area contributed by atoms with Crippen molar-refractivity contribution in [1.29, 1.82) is 0 Å². The molecule has 0 aromatic heterocycles. The van der Waals surface area contributed by atoms with Crippen LogP contribution in [0.1, 0.15) is 22.8 Å². The molecule has 5 aromatic carbocycles. The van der Waals surface area contributed by atoms with Crippen LogP contribution >= 0.6 is 12.1 Å². The molecule has 0 N–H and O–H groups in total. The minimum Gasteiger partial charge on any atom is -0.462 e. The summed E-state index contributed by atoms with van der Waals surface area (Å²) in [5.74, 6) is 1.96. The molecular weight excluding hydrogens is 578 g/mol. The average molecular weight is 609 g/mol. The number of carbonyl (C=O) groups excluding carboxylic acids is 1. The van der Waals surface area contributed by atoms with Crippen LogP contribution in [0.15, 0.2) is 151 Å². The standard InChI is InChI=1S/C35H30O2P2S2/c1-2-37-35(36)29-25-23-28(24-26-29)34(39(41,32-19-11-5-12-20-32)33-21-13-6-14-22-33)27-38(40,30-15-7-3-8-16-30)31-17-9-4-10-18-31/h3-27H,2H2,1H3/b34-27+. The summed E-state index contributed by atoms with van der Waals surface area (Å²) in [4.78, 5) is 12.5. The van der Waals surface area contributed by atoms with Gasteiger partial charge in [0.1, 0.15) is 0 Å². The lowest BCUT2D eigenvalue weighted by molar-refractivity contribution is 0.0526. The summed E-state index contributed by atoms with van der Waals surface area (Å²) in [6.45, 7) is 2.13. The molecule has 41 heavy (non-hydrogen) atoms. The van der Waals surface area contributed by atoms with Crippen molar-refractivity contribution in [2.45, 2.75) is 6.92 Å². The second kappa shape index (κ2) is 13.1. The minimum atomic E-state index is -2.61. The zero-order chi connectivity index (χ0) is 28.7. The Kier molecular flexibility index (Phi) is 9.28. The van der Waals surface area contributed by atoms with E-state index >= 15 is 0 Å². The van der Waals surface area contributed by atoms with E-state index in [0.29, 0.717) is 12.2 Å². The summed E-state index contributed by atoms with van der Waals surface area (Å²) in [5, 5.41) is 5.40. The fourth-order valence-corrected chi connectivity index (χ4v) is 13.6. The molecule has 0 amide bonds. The van der Waals surface area contributed by atoms with E-state index < -0.39 is 12.1 Å². The molecule has 0 radical (unpaired) electrons.